The lowest BCUT2D eigenvalue weighted by molar-refractivity contribution is -0.114. The van der Waals surface area contributed by atoms with Crippen molar-refractivity contribution in [3.63, 3.8) is 0 Å². The van der Waals surface area contributed by atoms with Gasteiger partial charge in [-0.05, 0) is 32.0 Å². The number of hydrogen-bond donors (Lipinski definition) is 1. The van der Waals surface area contributed by atoms with Crippen LogP contribution in [0.3, 0.4) is 0 Å². The van der Waals surface area contributed by atoms with Crippen molar-refractivity contribution < 1.29 is 9.53 Å². The first kappa shape index (κ1) is 18.8. The van der Waals surface area contributed by atoms with E-state index < -0.39 is 0 Å². The Labute approximate surface area is 168 Å². The predicted octanol–water partition coefficient (Wildman–Crippen LogP) is 4.00. The quantitative estimate of drug-likeness (QED) is 0.706. The molecule has 1 saturated heterocycles. The van der Waals surface area contributed by atoms with E-state index in [0.717, 1.165) is 41.0 Å². The van der Waals surface area contributed by atoms with Gasteiger partial charge in [0, 0.05) is 55.1 Å². The van der Waals surface area contributed by atoms with Gasteiger partial charge in [0.25, 0.3) is 0 Å². The minimum atomic E-state index is -0.0938. The SMILES string of the molecule is CC(=O)Nc1ncc(CN2CC(Oc3ccnc4ccc(C)cc34)CC2C)s1. The summed E-state index contributed by atoms with van der Waals surface area (Å²) in [4.78, 5) is 23.4. The third-order valence-corrected chi connectivity index (χ3v) is 5.91. The topological polar surface area (TPSA) is 67.4 Å². The van der Waals surface area contributed by atoms with Crippen LogP contribution in [0.25, 0.3) is 10.9 Å². The third-order valence-electron chi connectivity index (χ3n) is 5.01. The Morgan fingerprint density at radius 2 is 2.21 bits per heavy atom. The van der Waals surface area contributed by atoms with Crippen LogP contribution in [0.2, 0.25) is 0 Å². The van der Waals surface area contributed by atoms with Crippen LogP contribution in [0.4, 0.5) is 5.13 Å². The predicted molar refractivity (Wildman–Crippen MR) is 112 cm³/mol. The van der Waals surface area contributed by atoms with E-state index in [1.54, 1.807) is 0 Å². The number of fused-ring (bicyclic) bond motifs is 1. The smallest absolute Gasteiger partial charge is 0.223 e. The van der Waals surface area contributed by atoms with Gasteiger partial charge in [0.1, 0.15) is 11.9 Å². The van der Waals surface area contributed by atoms with Crippen LogP contribution in [-0.2, 0) is 11.3 Å². The van der Waals surface area contributed by atoms with Crippen LogP contribution in [0.1, 0.15) is 30.7 Å². The Hall–Kier alpha value is -2.51. The van der Waals surface area contributed by atoms with Crippen molar-refractivity contribution in [2.45, 2.75) is 45.9 Å². The highest BCUT2D eigenvalue weighted by molar-refractivity contribution is 7.15. The highest BCUT2D eigenvalue weighted by Crippen LogP contribution is 2.30. The number of nitrogens with zero attached hydrogens (tertiary/aromatic N) is 3. The number of rotatable bonds is 5. The maximum absolute atomic E-state index is 11.2. The summed E-state index contributed by atoms with van der Waals surface area (Å²) in [5, 5.41) is 4.46. The number of nitrogens with one attached hydrogen (secondary N) is 1. The zero-order valence-corrected chi connectivity index (χ0v) is 17.1. The van der Waals surface area contributed by atoms with E-state index >= 15 is 0 Å². The second kappa shape index (κ2) is 7.85. The summed E-state index contributed by atoms with van der Waals surface area (Å²) < 4.78 is 6.39. The number of aromatic nitrogens is 2. The third kappa shape index (κ3) is 4.15. The van der Waals surface area contributed by atoms with Crippen LogP contribution < -0.4 is 10.1 Å². The largest absolute Gasteiger partial charge is 0.488 e. The number of carbonyl (C=O) groups excluding carboxylic acids is 1. The summed E-state index contributed by atoms with van der Waals surface area (Å²) in [6.07, 6.45) is 4.77. The monoisotopic (exact) mass is 396 g/mol. The fourth-order valence-corrected chi connectivity index (χ4v) is 4.54. The molecular formula is C21H24N4O2S. The zero-order chi connectivity index (χ0) is 19.7. The fourth-order valence-electron chi connectivity index (χ4n) is 3.66. The van der Waals surface area contributed by atoms with Gasteiger partial charge in [-0.15, -0.1) is 11.3 Å². The number of hydrogen-bond acceptors (Lipinski definition) is 6. The Bertz CT molecular complexity index is 1000. The lowest BCUT2D eigenvalue weighted by atomic mass is 10.1. The summed E-state index contributed by atoms with van der Waals surface area (Å²) in [6, 6.07) is 8.62. The Morgan fingerprint density at radius 3 is 3.04 bits per heavy atom. The molecular weight excluding hydrogens is 372 g/mol. The summed E-state index contributed by atoms with van der Waals surface area (Å²) in [6.45, 7) is 7.49. The van der Waals surface area contributed by atoms with Gasteiger partial charge < -0.3 is 10.1 Å². The maximum Gasteiger partial charge on any atom is 0.223 e. The molecule has 3 aromatic rings. The van der Waals surface area contributed by atoms with E-state index in [9.17, 15) is 4.79 Å². The summed E-state index contributed by atoms with van der Waals surface area (Å²) >= 11 is 1.52. The molecule has 1 aliphatic rings. The molecule has 6 nitrogen and oxygen atoms in total. The summed E-state index contributed by atoms with van der Waals surface area (Å²) in [7, 11) is 0. The standard InChI is InChI=1S/C21H24N4O2S/c1-13-4-5-19-18(8-13)20(6-7-22-19)27-16-9-14(2)25(11-16)12-17-10-23-21(28-17)24-15(3)26/h4-8,10,14,16H,9,11-12H2,1-3H3,(H,23,24,26). The van der Waals surface area contributed by atoms with E-state index in [0.29, 0.717) is 11.2 Å². The molecule has 2 unspecified atom stereocenters. The second-order valence-electron chi connectivity index (χ2n) is 7.40. The molecule has 0 bridgehead atoms. The Morgan fingerprint density at radius 1 is 1.36 bits per heavy atom. The molecule has 7 heteroatoms. The molecule has 1 aromatic carbocycles. The highest BCUT2D eigenvalue weighted by atomic mass is 32.1. The van der Waals surface area contributed by atoms with Crippen molar-refractivity contribution >= 4 is 33.3 Å². The average Bonchev–Trinajstić information content (AvgIpc) is 3.21. The van der Waals surface area contributed by atoms with E-state index in [2.05, 4.69) is 46.2 Å². The van der Waals surface area contributed by atoms with Crippen LogP contribution in [0.15, 0.2) is 36.7 Å². The zero-order valence-electron chi connectivity index (χ0n) is 16.3. The first-order chi connectivity index (χ1) is 13.5. The van der Waals surface area contributed by atoms with Crippen molar-refractivity contribution in [2.24, 2.45) is 0 Å². The maximum atomic E-state index is 11.2. The van der Waals surface area contributed by atoms with Gasteiger partial charge in [0.05, 0.1) is 5.52 Å². The van der Waals surface area contributed by atoms with Crippen LogP contribution in [0, 0.1) is 6.92 Å². The summed E-state index contributed by atoms with van der Waals surface area (Å²) in [5.74, 6) is 0.808. The molecule has 0 radical (unpaired) electrons. The molecule has 3 heterocycles. The average molecular weight is 397 g/mol. The van der Waals surface area contributed by atoms with Gasteiger partial charge in [0.2, 0.25) is 5.91 Å². The second-order valence-corrected chi connectivity index (χ2v) is 8.51. The fraction of sp³-hybridized carbons (Fsp3) is 0.381. The number of aryl methyl sites for hydroxylation is 1. The number of thiazole rings is 1. The lowest BCUT2D eigenvalue weighted by Gasteiger charge is -2.19. The molecule has 0 aliphatic carbocycles. The first-order valence-corrected chi connectivity index (χ1v) is 10.3. The van der Waals surface area contributed by atoms with Crippen molar-refractivity contribution in [1.82, 2.24) is 14.9 Å². The number of ether oxygens (including phenoxy) is 1. The molecule has 0 spiro atoms. The molecule has 0 saturated carbocycles. The molecule has 146 valence electrons. The highest BCUT2D eigenvalue weighted by Gasteiger charge is 2.31. The number of pyridine rings is 1. The summed E-state index contributed by atoms with van der Waals surface area (Å²) in [5.41, 5.74) is 2.16. The molecule has 1 fully saturated rings. The Kier molecular flexibility index (Phi) is 5.28. The number of benzene rings is 1. The van der Waals surface area contributed by atoms with Crippen molar-refractivity contribution in [2.75, 3.05) is 11.9 Å². The van der Waals surface area contributed by atoms with Crippen molar-refractivity contribution in [3.8, 4) is 5.75 Å². The number of carbonyl (C=O) groups is 1. The van der Waals surface area contributed by atoms with Gasteiger partial charge in [0.15, 0.2) is 5.13 Å². The molecule has 2 atom stereocenters. The van der Waals surface area contributed by atoms with Gasteiger partial charge in [-0.25, -0.2) is 4.98 Å². The van der Waals surface area contributed by atoms with Crippen LogP contribution in [0.5, 0.6) is 5.75 Å². The Balaban J connectivity index is 1.44. The van der Waals surface area contributed by atoms with E-state index in [1.165, 1.54) is 23.8 Å². The number of anilines is 1. The van der Waals surface area contributed by atoms with E-state index in [4.69, 9.17) is 4.74 Å². The van der Waals surface area contributed by atoms with Gasteiger partial charge >= 0.3 is 0 Å². The number of amides is 1. The van der Waals surface area contributed by atoms with Crippen molar-refractivity contribution in [3.05, 3.63) is 47.1 Å². The van der Waals surface area contributed by atoms with Crippen molar-refractivity contribution in [1.29, 1.82) is 0 Å². The van der Waals surface area contributed by atoms with Crippen LogP contribution in [-0.4, -0.2) is 39.5 Å². The first-order valence-electron chi connectivity index (χ1n) is 9.46. The molecule has 1 aliphatic heterocycles. The van der Waals surface area contributed by atoms with Gasteiger partial charge in [-0.3, -0.25) is 14.7 Å². The molecule has 1 N–H and O–H groups in total. The van der Waals surface area contributed by atoms with Gasteiger partial charge in [-0.1, -0.05) is 11.6 Å². The van der Waals surface area contributed by atoms with E-state index in [-0.39, 0.29) is 12.0 Å². The lowest BCUT2D eigenvalue weighted by Crippen LogP contribution is -2.27. The van der Waals surface area contributed by atoms with E-state index in [1.807, 2.05) is 24.5 Å². The molecule has 2 aromatic heterocycles. The molecule has 28 heavy (non-hydrogen) atoms. The van der Waals surface area contributed by atoms with Gasteiger partial charge in [-0.2, -0.15) is 0 Å². The molecule has 1 amide bonds. The minimum Gasteiger partial charge on any atom is -0.488 e. The van der Waals surface area contributed by atoms with Crippen LogP contribution >= 0.6 is 11.3 Å². The minimum absolute atomic E-state index is 0.0938. The molecule has 4 rings (SSSR count). The number of likely N-dealkylation sites (tertiary alicyclic amines) is 1. The normalized spacial score (nSPS) is 19.8.